The molecule has 0 saturated heterocycles. The van der Waals surface area contributed by atoms with E-state index in [1.54, 1.807) is 23.5 Å². The quantitative estimate of drug-likeness (QED) is 0.584. The first-order valence-corrected chi connectivity index (χ1v) is 8.90. The van der Waals surface area contributed by atoms with Crippen LogP contribution in [0, 0.1) is 13.8 Å². The van der Waals surface area contributed by atoms with Gasteiger partial charge < -0.3 is 4.57 Å². The number of hydrogen-bond acceptors (Lipinski definition) is 2. The van der Waals surface area contributed by atoms with Crippen molar-refractivity contribution in [2.45, 2.75) is 33.7 Å². The Morgan fingerprint density at radius 2 is 0.955 bits per heavy atom. The highest BCUT2D eigenvalue weighted by atomic mass is 32.2. The van der Waals surface area contributed by atoms with E-state index in [9.17, 15) is 0 Å². The van der Waals surface area contributed by atoms with Crippen molar-refractivity contribution in [1.29, 1.82) is 0 Å². The second kappa shape index (κ2) is 6.67. The topological polar surface area (TPSA) is 4.93 Å². The number of nitrogens with zero attached hydrogens (tertiary/aromatic N) is 1. The minimum absolute atomic E-state index is 1.26. The summed E-state index contributed by atoms with van der Waals surface area (Å²) in [7, 11) is 2.13. The molecular formula is C19H19NS2. The first-order chi connectivity index (χ1) is 10.6. The number of aromatic nitrogens is 1. The molecule has 3 heteroatoms. The lowest BCUT2D eigenvalue weighted by atomic mass is 10.2. The van der Waals surface area contributed by atoms with E-state index < -0.39 is 0 Å². The maximum absolute atomic E-state index is 2.26. The van der Waals surface area contributed by atoms with Gasteiger partial charge in [-0.2, -0.15) is 0 Å². The van der Waals surface area contributed by atoms with Crippen molar-refractivity contribution in [3.63, 3.8) is 0 Å². The van der Waals surface area contributed by atoms with E-state index in [0.29, 0.717) is 0 Å². The minimum Gasteiger partial charge on any atom is -0.334 e. The Labute approximate surface area is 140 Å². The van der Waals surface area contributed by atoms with E-state index in [4.69, 9.17) is 0 Å². The van der Waals surface area contributed by atoms with Gasteiger partial charge in [0.25, 0.3) is 0 Å². The number of aryl methyl sites for hydroxylation is 2. The lowest BCUT2D eigenvalue weighted by Crippen LogP contribution is -1.91. The lowest BCUT2D eigenvalue weighted by molar-refractivity contribution is 0.750. The van der Waals surface area contributed by atoms with Crippen LogP contribution in [0.4, 0.5) is 0 Å². The zero-order valence-electron chi connectivity index (χ0n) is 13.0. The molecule has 112 valence electrons. The molecule has 1 aromatic heterocycles. The van der Waals surface area contributed by atoms with Gasteiger partial charge in [-0.05, 0) is 50.2 Å². The fourth-order valence-corrected chi connectivity index (χ4v) is 3.96. The summed E-state index contributed by atoms with van der Waals surface area (Å²) in [6.07, 6.45) is 0. The molecule has 1 heterocycles. The first-order valence-electron chi connectivity index (χ1n) is 7.26. The maximum Gasteiger partial charge on any atom is 0.0802 e. The van der Waals surface area contributed by atoms with Crippen LogP contribution >= 0.6 is 23.5 Å². The molecule has 0 N–H and O–H groups in total. The molecule has 1 nitrogen and oxygen atoms in total. The predicted octanol–water partition coefficient (Wildman–Crippen LogP) is 5.94. The monoisotopic (exact) mass is 325 g/mol. The summed E-state index contributed by atoms with van der Waals surface area (Å²) in [6, 6.07) is 21.8. The Kier molecular flexibility index (Phi) is 4.65. The van der Waals surface area contributed by atoms with Crippen molar-refractivity contribution in [1.82, 2.24) is 4.57 Å². The highest BCUT2D eigenvalue weighted by molar-refractivity contribution is 8.00. The highest BCUT2D eigenvalue weighted by Crippen LogP contribution is 2.34. The molecule has 0 saturated carbocycles. The van der Waals surface area contributed by atoms with Crippen molar-refractivity contribution >= 4 is 23.5 Å². The summed E-state index contributed by atoms with van der Waals surface area (Å²) >= 11 is 3.61. The Balaban J connectivity index is 1.76. The van der Waals surface area contributed by atoms with E-state index in [1.807, 2.05) is 0 Å². The van der Waals surface area contributed by atoms with Crippen LogP contribution in [-0.4, -0.2) is 4.57 Å². The van der Waals surface area contributed by atoms with Crippen LogP contribution in [0.5, 0.6) is 0 Å². The van der Waals surface area contributed by atoms with E-state index in [-0.39, 0.29) is 0 Å². The standard InChI is InChI=1S/C19H19NS2/c1-14-4-8-16(9-5-14)21-18-12-13-19(20(18)3)22-17-10-6-15(2)7-11-17/h4-13H,1-3H3. The summed E-state index contributed by atoms with van der Waals surface area (Å²) in [5, 5.41) is 2.52. The smallest absolute Gasteiger partial charge is 0.0802 e. The highest BCUT2D eigenvalue weighted by Gasteiger charge is 2.08. The van der Waals surface area contributed by atoms with Crippen molar-refractivity contribution in [3.8, 4) is 0 Å². The van der Waals surface area contributed by atoms with E-state index in [0.717, 1.165) is 0 Å². The second-order valence-electron chi connectivity index (χ2n) is 5.40. The average molecular weight is 326 g/mol. The van der Waals surface area contributed by atoms with Crippen LogP contribution in [0.3, 0.4) is 0 Å². The molecule has 2 aromatic carbocycles. The van der Waals surface area contributed by atoms with Gasteiger partial charge in [0.05, 0.1) is 10.1 Å². The molecule has 3 rings (SSSR count). The van der Waals surface area contributed by atoms with Crippen LogP contribution in [0.25, 0.3) is 0 Å². The van der Waals surface area contributed by atoms with Crippen molar-refractivity contribution < 1.29 is 0 Å². The Morgan fingerprint density at radius 3 is 1.32 bits per heavy atom. The molecule has 0 aliphatic heterocycles. The third-order valence-corrected chi connectivity index (χ3v) is 5.77. The third-order valence-electron chi connectivity index (χ3n) is 3.52. The number of benzene rings is 2. The molecule has 3 aromatic rings. The zero-order valence-corrected chi connectivity index (χ0v) is 14.7. The van der Waals surface area contributed by atoms with Gasteiger partial charge in [-0.25, -0.2) is 0 Å². The normalized spacial score (nSPS) is 10.9. The van der Waals surface area contributed by atoms with Crippen molar-refractivity contribution in [2.75, 3.05) is 0 Å². The first kappa shape index (κ1) is 15.3. The lowest BCUT2D eigenvalue weighted by Gasteiger charge is -2.08. The molecule has 0 radical (unpaired) electrons. The Bertz CT molecular complexity index is 690. The molecule has 0 spiro atoms. The molecule has 0 fully saturated rings. The molecule has 0 aliphatic carbocycles. The summed E-state index contributed by atoms with van der Waals surface area (Å²) in [6.45, 7) is 4.24. The van der Waals surface area contributed by atoms with Gasteiger partial charge in [-0.1, -0.05) is 58.9 Å². The van der Waals surface area contributed by atoms with Gasteiger partial charge >= 0.3 is 0 Å². The van der Waals surface area contributed by atoms with Gasteiger partial charge in [0.15, 0.2) is 0 Å². The van der Waals surface area contributed by atoms with Crippen molar-refractivity contribution in [3.05, 3.63) is 71.8 Å². The predicted molar refractivity (Wildman–Crippen MR) is 96.0 cm³/mol. The Morgan fingerprint density at radius 1 is 0.591 bits per heavy atom. The summed E-state index contributed by atoms with van der Waals surface area (Å²) < 4.78 is 2.26. The summed E-state index contributed by atoms with van der Waals surface area (Å²) in [5.41, 5.74) is 2.60. The van der Waals surface area contributed by atoms with Crippen LogP contribution in [-0.2, 0) is 7.05 Å². The number of hydrogen-bond donors (Lipinski definition) is 0. The van der Waals surface area contributed by atoms with Gasteiger partial charge in [-0.3, -0.25) is 0 Å². The van der Waals surface area contributed by atoms with Gasteiger partial charge in [-0.15, -0.1) is 0 Å². The zero-order chi connectivity index (χ0) is 15.5. The molecule has 0 bridgehead atoms. The largest absolute Gasteiger partial charge is 0.334 e. The van der Waals surface area contributed by atoms with Gasteiger partial charge in [0.1, 0.15) is 0 Å². The van der Waals surface area contributed by atoms with E-state index >= 15 is 0 Å². The van der Waals surface area contributed by atoms with Crippen LogP contribution in [0.1, 0.15) is 11.1 Å². The molecule has 0 unspecified atom stereocenters. The molecule has 0 aliphatic rings. The second-order valence-corrected chi connectivity index (χ2v) is 7.59. The van der Waals surface area contributed by atoms with E-state index in [1.165, 1.54) is 31.0 Å². The molecular weight excluding hydrogens is 306 g/mol. The Hall–Kier alpha value is -1.58. The number of rotatable bonds is 4. The van der Waals surface area contributed by atoms with E-state index in [2.05, 4.69) is 86.1 Å². The van der Waals surface area contributed by atoms with Crippen LogP contribution in [0.15, 0.2) is 80.5 Å². The summed E-state index contributed by atoms with van der Waals surface area (Å²) in [4.78, 5) is 2.55. The molecule has 22 heavy (non-hydrogen) atoms. The van der Waals surface area contributed by atoms with Crippen molar-refractivity contribution in [2.24, 2.45) is 7.05 Å². The maximum atomic E-state index is 2.26. The molecule has 0 atom stereocenters. The fourth-order valence-electron chi connectivity index (χ4n) is 2.13. The van der Waals surface area contributed by atoms with Gasteiger partial charge in [0.2, 0.25) is 0 Å². The van der Waals surface area contributed by atoms with Crippen LogP contribution in [0.2, 0.25) is 0 Å². The minimum atomic E-state index is 1.26. The van der Waals surface area contributed by atoms with Crippen LogP contribution < -0.4 is 0 Å². The average Bonchev–Trinajstić information content (AvgIpc) is 2.85. The summed E-state index contributed by atoms with van der Waals surface area (Å²) in [5.74, 6) is 0. The van der Waals surface area contributed by atoms with Gasteiger partial charge in [0, 0.05) is 16.8 Å². The fraction of sp³-hybridized carbons (Fsp3) is 0.158. The SMILES string of the molecule is Cc1ccc(Sc2ccc(Sc3ccc(C)cc3)n2C)cc1. The third kappa shape index (κ3) is 3.60. The molecule has 0 amide bonds.